The molecule has 2 heterocycles. The van der Waals surface area contributed by atoms with Crippen molar-refractivity contribution in [2.75, 3.05) is 51.3 Å². The number of likely N-dealkylation sites (tertiary alicyclic amines) is 1. The summed E-state index contributed by atoms with van der Waals surface area (Å²) in [6.07, 6.45) is 5.52. The molecule has 0 amide bonds. The molecule has 142 valence electrons. The summed E-state index contributed by atoms with van der Waals surface area (Å²) in [6.45, 7) is 6.61. The fraction of sp³-hybridized carbons (Fsp3) is 0.650. The number of morpholine rings is 1. The summed E-state index contributed by atoms with van der Waals surface area (Å²) < 4.78 is 6.64. The highest BCUT2D eigenvalue weighted by molar-refractivity contribution is 9.10. The zero-order valence-electron chi connectivity index (χ0n) is 15.6. The lowest BCUT2D eigenvalue weighted by atomic mass is 9.68. The normalized spacial score (nSPS) is 22.6. The molecule has 1 saturated carbocycles. The van der Waals surface area contributed by atoms with Gasteiger partial charge in [0, 0.05) is 49.9 Å². The van der Waals surface area contributed by atoms with Crippen LogP contribution in [0, 0.1) is 5.41 Å². The molecule has 0 atom stereocenters. The Labute approximate surface area is 164 Å². The van der Waals surface area contributed by atoms with Crippen LogP contribution in [0.2, 0.25) is 0 Å². The molecule has 3 fully saturated rings. The number of rotatable bonds is 3. The van der Waals surface area contributed by atoms with Gasteiger partial charge >= 0.3 is 0 Å². The van der Waals surface area contributed by atoms with Crippen molar-refractivity contribution in [2.45, 2.75) is 32.2 Å². The lowest BCUT2D eigenvalue weighted by Crippen LogP contribution is -2.42. The van der Waals surface area contributed by atoms with E-state index < -0.39 is 0 Å². The van der Waals surface area contributed by atoms with Crippen molar-refractivity contribution in [1.29, 1.82) is 0 Å². The quantitative estimate of drug-likeness (QED) is 0.601. The van der Waals surface area contributed by atoms with Gasteiger partial charge in [0.15, 0.2) is 5.96 Å². The summed E-state index contributed by atoms with van der Waals surface area (Å²) in [5.41, 5.74) is 3.20. The molecule has 1 spiro atoms. The molecule has 2 saturated heterocycles. The Morgan fingerprint density at radius 1 is 1.23 bits per heavy atom. The Bertz CT molecular complexity index is 668. The van der Waals surface area contributed by atoms with Crippen LogP contribution in [0.5, 0.6) is 0 Å². The Morgan fingerprint density at radius 2 is 2.04 bits per heavy atom. The highest BCUT2D eigenvalue weighted by Crippen LogP contribution is 2.47. The first-order valence-electron chi connectivity index (χ1n) is 9.76. The van der Waals surface area contributed by atoms with Crippen LogP contribution in [-0.4, -0.2) is 57.3 Å². The Hall–Kier alpha value is -1.27. The number of ether oxygens (including phenoxy) is 1. The zero-order valence-corrected chi connectivity index (χ0v) is 17.2. The maximum Gasteiger partial charge on any atom is 0.193 e. The third kappa shape index (κ3) is 3.72. The number of anilines is 1. The second kappa shape index (κ2) is 7.77. The smallest absolute Gasteiger partial charge is 0.193 e. The van der Waals surface area contributed by atoms with Crippen LogP contribution in [0.25, 0.3) is 0 Å². The van der Waals surface area contributed by atoms with Crippen molar-refractivity contribution in [2.24, 2.45) is 10.4 Å². The largest absolute Gasteiger partial charge is 0.378 e. The second-order valence-electron chi connectivity index (χ2n) is 7.80. The molecule has 5 nitrogen and oxygen atoms in total. The summed E-state index contributed by atoms with van der Waals surface area (Å²) in [5, 5.41) is 3.62. The molecule has 6 heteroatoms. The van der Waals surface area contributed by atoms with Crippen molar-refractivity contribution < 1.29 is 4.74 Å². The number of nitrogens with zero attached hydrogens (tertiary/aromatic N) is 3. The molecular formula is C20H29BrN4O. The van der Waals surface area contributed by atoms with Crippen LogP contribution < -0.4 is 10.2 Å². The molecular weight excluding hydrogens is 392 g/mol. The van der Waals surface area contributed by atoms with Crippen molar-refractivity contribution >= 4 is 27.6 Å². The summed E-state index contributed by atoms with van der Waals surface area (Å²) in [4.78, 5) is 9.43. The molecule has 3 aliphatic rings. The minimum atomic E-state index is 0.591. The fourth-order valence-electron chi connectivity index (χ4n) is 4.49. The summed E-state index contributed by atoms with van der Waals surface area (Å²) in [5.74, 6) is 1.05. The molecule has 0 aromatic heterocycles. The van der Waals surface area contributed by atoms with Crippen LogP contribution in [0.15, 0.2) is 27.7 Å². The van der Waals surface area contributed by atoms with Gasteiger partial charge in [-0.05, 0) is 42.4 Å². The molecule has 0 radical (unpaired) electrons. The maximum atomic E-state index is 5.52. The average Bonchev–Trinajstić information content (AvgIpc) is 3.10. The third-order valence-corrected chi connectivity index (χ3v) is 6.69. The Kier molecular flexibility index (Phi) is 5.41. The van der Waals surface area contributed by atoms with Crippen molar-refractivity contribution in [3.8, 4) is 0 Å². The van der Waals surface area contributed by atoms with E-state index in [4.69, 9.17) is 4.74 Å². The van der Waals surface area contributed by atoms with E-state index in [2.05, 4.69) is 54.2 Å². The minimum absolute atomic E-state index is 0.591. The fourth-order valence-corrected chi connectivity index (χ4v) is 4.84. The number of hydrogen-bond acceptors (Lipinski definition) is 3. The first kappa shape index (κ1) is 18.1. The van der Waals surface area contributed by atoms with E-state index in [0.717, 1.165) is 49.8 Å². The van der Waals surface area contributed by atoms with Crippen LogP contribution >= 0.6 is 15.9 Å². The van der Waals surface area contributed by atoms with Crippen molar-refractivity contribution in [1.82, 2.24) is 10.2 Å². The molecule has 1 N–H and O–H groups in total. The summed E-state index contributed by atoms with van der Waals surface area (Å²) in [6, 6.07) is 6.57. The van der Waals surface area contributed by atoms with Gasteiger partial charge in [-0.25, -0.2) is 0 Å². The molecule has 1 aromatic carbocycles. The van der Waals surface area contributed by atoms with Gasteiger partial charge < -0.3 is 19.9 Å². The van der Waals surface area contributed by atoms with E-state index >= 15 is 0 Å². The molecule has 1 aliphatic carbocycles. The molecule has 2 aliphatic heterocycles. The lowest BCUT2D eigenvalue weighted by Gasteiger charge is -2.38. The highest BCUT2D eigenvalue weighted by Gasteiger charge is 2.43. The first-order chi connectivity index (χ1) is 12.7. The van der Waals surface area contributed by atoms with Gasteiger partial charge in [0.05, 0.1) is 13.2 Å². The van der Waals surface area contributed by atoms with Crippen LogP contribution in [0.4, 0.5) is 5.69 Å². The van der Waals surface area contributed by atoms with Gasteiger partial charge in [0.2, 0.25) is 0 Å². The Balaban J connectivity index is 1.43. The average molecular weight is 421 g/mol. The first-order valence-corrected chi connectivity index (χ1v) is 10.6. The van der Waals surface area contributed by atoms with Crippen molar-refractivity contribution in [3.05, 3.63) is 28.2 Å². The van der Waals surface area contributed by atoms with Gasteiger partial charge in [0.25, 0.3) is 0 Å². The monoisotopic (exact) mass is 420 g/mol. The SMILES string of the molecule is CN=C(NCc1ccc(Br)cc1N1CCOCC1)N1CCC2(CCC2)C1. The van der Waals surface area contributed by atoms with Gasteiger partial charge in [-0.1, -0.05) is 28.4 Å². The second-order valence-corrected chi connectivity index (χ2v) is 8.71. The maximum absolute atomic E-state index is 5.52. The molecule has 0 unspecified atom stereocenters. The van der Waals surface area contributed by atoms with Gasteiger partial charge in [0.1, 0.15) is 0 Å². The topological polar surface area (TPSA) is 40.1 Å². The molecule has 1 aromatic rings. The van der Waals surface area contributed by atoms with E-state index in [1.807, 2.05) is 7.05 Å². The summed E-state index contributed by atoms with van der Waals surface area (Å²) in [7, 11) is 1.90. The number of benzene rings is 1. The third-order valence-electron chi connectivity index (χ3n) is 6.20. The Morgan fingerprint density at radius 3 is 2.69 bits per heavy atom. The van der Waals surface area contributed by atoms with Crippen LogP contribution in [-0.2, 0) is 11.3 Å². The van der Waals surface area contributed by atoms with E-state index in [0.29, 0.717) is 5.41 Å². The number of aliphatic imine (C=N–C) groups is 1. The standard InChI is InChI=1S/C20H29BrN4O/c1-22-19(25-8-7-20(15-25)5-2-6-20)23-14-16-3-4-17(21)13-18(16)24-9-11-26-12-10-24/h3-4,13H,2,5-12,14-15H2,1H3,(H,22,23). The molecule has 4 rings (SSSR count). The number of nitrogens with one attached hydrogen (secondary N) is 1. The molecule has 0 bridgehead atoms. The summed E-state index contributed by atoms with van der Waals surface area (Å²) >= 11 is 3.63. The number of hydrogen-bond donors (Lipinski definition) is 1. The van der Waals surface area contributed by atoms with Gasteiger partial charge in [-0.3, -0.25) is 4.99 Å². The predicted molar refractivity (Wildman–Crippen MR) is 110 cm³/mol. The van der Waals surface area contributed by atoms with E-state index in [1.54, 1.807) is 0 Å². The lowest BCUT2D eigenvalue weighted by molar-refractivity contribution is 0.122. The van der Waals surface area contributed by atoms with Gasteiger partial charge in [-0.15, -0.1) is 0 Å². The minimum Gasteiger partial charge on any atom is -0.378 e. The van der Waals surface area contributed by atoms with Crippen molar-refractivity contribution in [3.63, 3.8) is 0 Å². The number of guanidine groups is 1. The van der Waals surface area contributed by atoms with E-state index in [-0.39, 0.29) is 0 Å². The van der Waals surface area contributed by atoms with E-state index in [9.17, 15) is 0 Å². The van der Waals surface area contributed by atoms with Gasteiger partial charge in [-0.2, -0.15) is 0 Å². The molecule has 26 heavy (non-hydrogen) atoms. The van der Waals surface area contributed by atoms with Crippen LogP contribution in [0.1, 0.15) is 31.2 Å². The highest BCUT2D eigenvalue weighted by atomic mass is 79.9. The zero-order chi connectivity index (χ0) is 18.0. The predicted octanol–water partition coefficient (Wildman–Crippen LogP) is 3.24. The number of halogens is 1. The van der Waals surface area contributed by atoms with E-state index in [1.165, 1.54) is 43.5 Å². The van der Waals surface area contributed by atoms with Crippen LogP contribution in [0.3, 0.4) is 0 Å².